The van der Waals surface area contributed by atoms with Gasteiger partial charge in [0.05, 0.1) is 24.0 Å². The van der Waals surface area contributed by atoms with E-state index in [9.17, 15) is 14.0 Å². The van der Waals surface area contributed by atoms with E-state index in [-0.39, 0.29) is 28.9 Å². The Balaban J connectivity index is 1.47. The van der Waals surface area contributed by atoms with Crippen molar-refractivity contribution in [3.05, 3.63) is 57.8 Å². The molecule has 0 aliphatic carbocycles. The van der Waals surface area contributed by atoms with E-state index >= 15 is 0 Å². The van der Waals surface area contributed by atoms with E-state index < -0.39 is 23.4 Å². The third kappa shape index (κ3) is 6.81. The van der Waals surface area contributed by atoms with Crippen LogP contribution in [-0.4, -0.2) is 63.6 Å². The normalized spacial score (nSPS) is 15.3. The number of methoxy groups -OCH3 is 1. The van der Waals surface area contributed by atoms with Gasteiger partial charge in [0.25, 0.3) is 5.91 Å². The Labute approximate surface area is 262 Å². The molecule has 0 radical (unpaired) electrons. The van der Waals surface area contributed by atoms with Gasteiger partial charge in [-0.3, -0.25) is 9.48 Å². The highest BCUT2D eigenvalue weighted by Crippen LogP contribution is 2.39. The van der Waals surface area contributed by atoms with Gasteiger partial charge in [0, 0.05) is 47.5 Å². The molecule has 2 aromatic heterocycles. The van der Waals surface area contributed by atoms with Crippen molar-refractivity contribution in [3.8, 4) is 17.1 Å². The first kappa shape index (κ1) is 30.4. The van der Waals surface area contributed by atoms with Crippen LogP contribution in [0.15, 0.2) is 42.7 Å². The fourth-order valence-corrected chi connectivity index (χ4v) is 5.85. The molecule has 2 N–H and O–H groups in total. The fourth-order valence-electron chi connectivity index (χ4n) is 5.14. The fraction of sp³-hybridized carbons (Fsp3) is 0.367. The van der Waals surface area contributed by atoms with Gasteiger partial charge >= 0.3 is 6.09 Å². The Morgan fingerprint density at radius 1 is 1.21 bits per heavy atom. The van der Waals surface area contributed by atoms with E-state index in [1.165, 1.54) is 31.5 Å². The second-order valence-electron chi connectivity index (χ2n) is 11.3. The average Bonchev–Trinajstić information content (AvgIpc) is 3.33. The van der Waals surface area contributed by atoms with E-state index in [0.717, 1.165) is 33.0 Å². The zero-order chi connectivity index (χ0) is 30.9. The van der Waals surface area contributed by atoms with Crippen LogP contribution in [0.5, 0.6) is 5.75 Å². The lowest BCUT2D eigenvalue weighted by molar-refractivity contribution is 0.0500. The van der Waals surface area contributed by atoms with Crippen molar-refractivity contribution in [2.45, 2.75) is 45.3 Å². The van der Waals surface area contributed by atoms with Crippen molar-refractivity contribution in [2.75, 3.05) is 30.4 Å². The molecular formula is C30H33FIN7O4. The van der Waals surface area contributed by atoms with Gasteiger partial charge in [-0.05, 0) is 80.5 Å². The highest BCUT2D eigenvalue weighted by atomic mass is 127. The number of anilines is 2. The van der Waals surface area contributed by atoms with Crippen molar-refractivity contribution in [1.29, 1.82) is 0 Å². The summed E-state index contributed by atoms with van der Waals surface area (Å²) in [5.74, 6) is -0.751. The Hall–Kier alpha value is -4.01. The molecule has 1 fully saturated rings. The summed E-state index contributed by atoms with van der Waals surface area (Å²) < 4.78 is 28.1. The van der Waals surface area contributed by atoms with Gasteiger partial charge in [-0.15, -0.1) is 0 Å². The first-order valence-electron chi connectivity index (χ1n) is 13.8. The molecule has 0 bridgehead atoms. The highest BCUT2D eigenvalue weighted by Gasteiger charge is 2.28. The average molecular weight is 702 g/mol. The number of ether oxygens (including phenoxy) is 2. The Bertz CT molecular complexity index is 1690. The number of alkyl carbamates (subject to hydrolysis) is 1. The zero-order valence-electron chi connectivity index (χ0n) is 24.6. The van der Waals surface area contributed by atoms with E-state index in [4.69, 9.17) is 9.47 Å². The van der Waals surface area contributed by atoms with Crippen molar-refractivity contribution >= 4 is 56.9 Å². The van der Waals surface area contributed by atoms with E-state index in [1.54, 1.807) is 10.7 Å². The van der Waals surface area contributed by atoms with Gasteiger partial charge < -0.3 is 25.0 Å². The Morgan fingerprint density at radius 3 is 2.74 bits per heavy atom. The summed E-state index contributed by atoms with van der Waals surface area (Å²) in [5, 5.41) is 11.5. The number of hydrogen-bond donors (Lipinski definition) is 2. The number of amides is 2. The minimum Gasteiger partial charge on any atom is -0.496 e. The summed E-state index contributed by atoms with van der Waals surface area (Å²) in [6, 6.07) is 7.61. The number of aromatic nitrogens is 4. The van der Waals surface area contributed by atoms with Gasteiger partial charge in [0.1, 0.15) is 28.4 Å². The van der Waals surface area contributed by atoms with Crippen LogP contribution in [0, 0.1) is 9.39 Å². The minimum atomic E-state index is -0.605. The van der Waals surface area contributed by atoms with Crippen LogP contribution in [0.1, 0.15) is 44.1 Å². The molecule has 11 nitrogen and oxygen atoms in total. The number of fused-ring (bicyclic) bond motifs is 1. The molecule has 2 aromatic carbocycles. The lowest BCUT2D eigenvalue weighted by atomic mass is 10.0. The molecule has 0 spiro atoms. The summed E-state index contributed by atoms with van der Waals surface area (Å²) >= 11 is 2.20. The number of rotatable bonds is 6. The number of piperidine rings is 1. The van der Waals surface area contributed by atoms with E-state index in [0.29, 0.717) is 18.8 Å². The van der Waals surface area contributed by atoms with Crippen LogP contribution in [0.2, 0.25) is 0 Å². The molecule has 1 aliphatic rings. The summed E-state index contributed by atoms with van der Waals surface area (Å²) in [6.45, 7) is 6.70. The van der Waals surface area contributed by atoms with Crippen LogP contribution < -0.4 is 20.3 Å². The molecular weight excluding hydrogens is 668 g/mol. The number of carbonyl (C=O) groups is 2. The summed E-state index contributed by atoms with van der Waals surface area (Å²) in [6.07, 6.45) is 4.48. The first-order chi connectivity index (χ1) is 20.4. The van der Waals surface area contributed by atoms with Crippen LogP contribution in [0.25, 0.3) is 22.3 Å². The van der Waals surface area contributed by atoms with Crippen molar-refractivity contribution in [2.24, 2.45) is 7.05 Å². The number of benzene rings is 2. The molecule has 3 heterocycles. The number of aryl methyl sites for hydroxylation is 1. The lowest BCUT2D eigenvalue weighted by Crippen LogP contribution is -2.49. The number of carbonyl (C=O) groups excluding carboxylic acids is 2. The molecule has 1 saturated heterocycles. The summed E-state index contributed by atoms with van der Waals surface area (Å²) in [4.78, 5) is 36.9. The van der Waals surface area contributed by atoms with Crippen molar-refractivity contribution in [3.63, 3.8) is 0 Å². The van der Waals surface area contributed by atoms with Crippen molar-refractivity contribution in [1.82, 2.24) is 25.1 Å². The van der Waals surface area contributed by atoms with Crippen LogP contribution >= 0.6 is 22.6 Å². The molecule has 13 heteroatoms. The zero-order valence-corrected chi connectivity index (χ0v) is 26.7. The third-order valence-electron chi connectivity index (χ3n) is 6.85. The van der Waals surface area contributed by atoms with Crippen LogP contribution in [-0.2, 0) is 11.8 Å². The summed E-state index contributed by atoms with van der Waals surface area (Å²) in [7, 11) is 3.28. The van der Waals surface area contributed by atoms with Gasteiger partial charge in [-0.2, -0.15) is 5.10 Å². The minimum absolute atomic E-state index is 0.0344. The molecule has 0 saturated carbocycles. The van der Waals surface area contributed by atoms with Crippen LogP contribution in [0.4, 0.5) is 20.6 Å². The summed E-state index contributed by atoms with van der Waals surface area (Å²) in [5.41, 5.74) is 1.68. The molecule has 1 aliphatic heterocycles. The maximum absolute atomic E-state index is 14.7. The number of nitrogens with zero attached hydrogens (tertiary/aromatic N) is 5. The monoisotopic (exact) mass is 701 g/mol. The SMILES string of the molecule is COc1cccc(F)c1-c1nccc(C(=O)Nc2cc(I)c3nn(C)cc3c2N2CCC[C@@H](NC(=O)OC(C)(C)C)C2)n1. The lowest BCUT2D eigenvalue weighted by Gasteiger charge is -2.36. The predicted octanol–water partition coefficient (Wildman–Crippen LogP) is 5.53. The van der Waals surface area contributed by atoms with Crippen LogP contribution in [0.3, 0.4) is 0 Å². The number of nitrogens with one attached hydrogen (secondary N) is 2. The molecule has 226 valence electrons. The smallest absolute Gasteiger partial charge is 0.407 e. The molecule has 2 amide bonds. The van der Waals surface area contributed by atoms with Crippen molar-refractivity contribution < 1.29 is 23.5 Å². The first-order valence-corrected chi connectivity index (χ1v) is 14.9. The maximum Gasteiger partial charge on any atom is 0.407 e. The van der Waals surface area contributed by atoms with Gasteiger partial charge in [0.15, 0.2) is 5.82 Å². The molecule has 5 rings (SSSR count). The molecule has 0 unspecified atom stereocenters. The van der Waals surface area contributed by atoms with Gasteiger partial charge in [0.2, 0.25) is 0 Å². The van der Waals surface area contributed by atoms with Gasteiger partial charge in [-0.1, -0.05) is 6.07 Å². The molecule has 1 atom stereocenters. The number of hydrogen-bond acceptors (Lipinski definition) is 8. The van der Waals surface area contributed by atoms with E-state index in [1.807, 2.05) is 40.1 Å². The Kier molecular flexibility index (Phi) is 8.71. The maximum atomic E-state index is 14.7. The standard InChI is InChI=1S/C30H33FIN7O4/c1-30(2,3)43-29(41)34-17-8-7-13-39(15-17)26-18-16-38(4)37-25(18)20(32)14-22(26)36-28(40)21-11-12-33-27(35-21)24-19(31)9-6-10-23(24)42-5/h6,9-12,14,16-17H,7-8,13,15H2,1-5H3,(H,34,41)(H,36,40)/t17-/m1/s1. The number of halogens is 2. The largest absolute Gasteiger partial charge is 0.496 e. The van der Waals surface area contributed by atoms with E-state index in [2.05, 4.69) is 53.2 Å². The molecule has 4 aromatic rings. The topological polar surface area (TPSA) is 124 Å². The highest BCUT2D eigenvalue weighted by molar-refractivity contribution is 14.1. The second-order valence-corrected chi connectivity index (χ2v) is 12.4. The second kappa shape index (κ2) is 12.3. The predicted molar refractivity (Wildman–Crippen MR) is 170 cm³/mol. The quantitative estimate of drug-likeness (QED) is 0.252. The third-order valence-corrected chi connectivity index (χ3v) is 7.67. The Morgan fingerprint density at radius 2 is 2.00 bits per heavy atom. The van der Waals surface area contributed by atoms with Gasteiger partial charge in [-0.25, -0.2) is 19.2 Å². The molecule has 43 heavy (non-hydrogen) atoms.